The number of hydrogen-bond acceptors (Lipinski definition) is 2. The first-order chi connectivity index (χ1) is 8.58. The summed E-state index contributed by atoms with van der Waals surface area (Å²) in [6.45, 7) is 6.68. The molecule has 0 aliphatic carbocycles. The highest BCUT2D eigenvalue weighted by atomic mass is 15.1. The van der Waals surface area contributed by atoms with Crippen molar-refractivity contribution in [3.8, 4) is 0 Å². The molecule has 0 aliphatic heterocycles. The van der Waals surface area contributed by atoms with Gasteiger partial charge in [0, 0.05) is 12.6 Å². The smallest absolute Gasteiger partial charge is 0.0170 e. The molecule has 1 atom stereocenters. The number of hydrogen-bond donors (Lipinski definition) is 1. The van der Waals surface area contributed by atoms with Crippen LogP contribution in [0.2, 0.25) is 0 Å². The average Bonchev–Trinajstić information content (AvgIpc) is 2.35. The molecule has 102 valence electrons. The summed E-state index contributed by atoms with van der Waals surface area (Å²) in [5.41, 5.74) is 7.57. The lowest BCUT2D eigenvalue weighted by Gasteiger charge is -2.22. The van der Waals surface area contributed by atoms with Crippen LogP contribution in [0, 0.1) is 5.92 Å². The van der Waals surface area contributed by atoms with Crippen LogP contribution in [0.1, 0.15) is 32.3 Å². The Labute approximate surface area is 112 Å². The van der Waals surface area contributed by atoms with Gasteiger partial charge in [-0.25, -0.2) is 0 Å². The fourth-order valence-corrected chi connectivity index (χ4v) is 2.06. The highest BCUT2D eigenvalue weighted by Gasteiger charge is 2.07. The molecule has 0 fully saturated rings. The van der Waals surface area contributed by atoms with Gasteiger partial charge in [0.2, 0.25) is 0 Å². The van der Waals surface area contributed by atoms with Crippen LogP contribution in [0.15, 0.2) is 30.3 Å². The van der Waals surface area contributed by atoms with E-state index in [0.717, 1.165) is 31.8 Å². The molecule has 0 bridgehead atoms. The van der Waals surface area contributed by atoms with Gasteiger partial charge < -0.3 is 10.6 Å². The van der Waals surface area contributed by atoms with E-state index in [-0.39, 0.29) is 6.04 Å². The molecule has 1 aromatic rings. The maximum Gasteiger partial charge on any atom is 0.0170 e. The Kier molecular flexibility index (Phi) is 6.99. The van der Waals surface area contributed by atoms with Crippen LogP contribution in [0.3, 0.4) is 0 Å². The first-order valence-electron chi connectivity index (χ1n) is 7.06. The minimum absolute atomic E-state index is 0.280. The second-order valence-electron chi connectivity index (χ2n) is 5.73. The van der Waals surface area contributed by atoms with Crippen LogP contribution in [0.5, 0.6) is 0 Å². The second-order valence-corrected chi connectivity index (χ2v) is 5.73. The van der Waals surface area contributed by atoms with Gasteiger partial charge in [-0.15, -0.1) is 0 Å². The average molecular weight is 248 g/mol. The Morgan fingerprint density at radius 1 is 1.11 bits per heavy atom. The summed E-state index contributed by atoms with van der Waals surface area (Å²) >= 11 is 0. The maximum atomic E-state index is 6.19. The number of rotatable bonds is 8. The summed E-state index contributed by atoms with van der Waals surface area (Å²) in [6.07, 6.45) is 3.40. The lowest BCUT2D eigenvalue weighted by Crippen LogP contribution is -2.36. The maximum absolute atomic E-state index is 6.19. The van der Waals surface area contributed by atoms with Crippen LogP contribution in [-0.2, 0) is 6.42 Å². The van der Waals surface area contributed by atoms with Gasteiger partial charge in [-0.05, 0) is 44.3 Å². The van der Waals surface area contributed by atoms with Crippen LogP contribution >= 0.6 is 0 Å². The van der Waals surface area contributed by atoms with Crippen molar-refractivity contribution in [1.82, 2.24) is 4.90 Å². The van der Waals surface area contributed by atoms with Crippen LogP contribution in [0.25, 0.3) is 0 Å². The number of aryl methyl sites for hydroxylation is 1. The SMILES string of the molecule is CC(C)CCN(C)CC(N)CCc1ccccc1. The van der Waals surface area contributed by atoms with Crippen LogP contribution in [0.4, 0.5) is 0 Å². The summed E-state index contributed by atoms with van der Waals surface area (Å²) in [4.78, 5) is 2.36. The minimum atomic E-state index is 0.280. The molecule has 1 rings (SSSR count). The van der Waals surface area contributed by atoms with E-state index in [2.05, 4.69) is 56.1 Å². The molecular weight excluding hydrogens is 220 g/mol. The lowest BCUT2D eigenvalue weighted by molar-refractivity contribution is 0.286. The van der Waals surface area contributed by atoms with Crippen molar-refractivity contribution >= 4 is 0 Å². The molecule has 0 spiro atoms. The zero-order valence-electron chi connectivity index (χ0n) is 12.1. The second kappa shape index (κ2) is 8.28. The molecule has 0 aliphatic rings. The quantitative estimate of drug-likeness (QED) is 0.766. The monoisotopic (exact) mass is 248 g/mol. The normalized spacial score (nSPS) is 13.2. The van der Waals surface area contributed by atoms with Gasteiger partial charge in [0.05, 0.1) is 0 Å². The van der Waals surface area contributed by atoms with E-state index >= 15 is 0 Å². The number of nitrogens with zero attached hydrogens (tertiary/aromatic N) is 1. The Balaban J connectivity index is 2.19. The molecule has 0 radical (unpaired) electrons. The predicted octanol–water partition coefficient (Wildman–Crippen LogP) is 2.92. The van der Waals surface area contributed by atoms with Crippen molar-refractivity contribution in [2.45, 2.75) is 39.2 Å². The third-order valence-corrected chi connectivity index (χ3v) is 3.28. The molecule has 0 saturated heterocycles. The van der Waals surface area contributed by atoms with Gasteiger partial charge in [-0.2, -0.15) is 0 Å². The van der Waals surface area contributed by atoms with Gasteiger partial charge in [0.15, 0.2) is 0 Å². The molecule has 2 heteroatoms. The summed E-state index contributed by atoms with van der Waals surface area (Å²) in [5, 5.41) is 0. The highest BCUT2D eigenvalue weighted by Crippen LogP contribution is 2.06. The third kappa shape index (κ3) is 6.77. The predicted molar refractivity (Wildman–Crippen MR) is 79.7 cm³/mol. The molecule has 18 heavy (non-hydrogen) atoms. The summed E-state index contributed by atoms with van der Waals surface area (Å²) in [5.74, 6) is 0.771. The van der Waals surface area contributed by atoms with E-state index in [1.54, 1.807) is 0 Å². The first kappa shape index (κ1) is 15.2. The van der Waals surface area contributed by atoms with E-state index in [9.17, 15) is 0 Å². The van der Waals surface area contributed by atoms with Crippen molar-refractivity contribution in [2.24, 2.45) is 11.7 Å². The highest BCUT2D eigenvalue weighted by molar-refractivity contribution is 5.14. The van der Waals surface area contributed by atoms with Crippen molar-refractivity contribution in [1.29, 1.82) is 0 Å². The van der Waals surface area contributed by atoms with Gasteiger partial charge >= 0.3 is 0 Å². The topological polar surface area (TPSA) is 29.3 Å². The van der Waals surface area contributed by atoms with Crippen LogP contribution in [-0.4, -0.2) is 31.1 Å². The van der Waals surface area contributed by atoms with E-state index in [1.807, 2.05) is 0 Å². The number of benzene rings is 1. The van der Waals surface area contributed by atoms with E-state index in [1.165, 1.54) is 12.0 Å². The minimum Gasteiger partial charge on any atom is -0.327 e. The van der Waals surface area contributed by atoms with Gasteiger partial charge in [0.1, 0.15) is 0 Å². The fraction of sp³-hybridized carbons (Fsp3) is 0.625. The zero-order chi connectivity index (χ0) is 13.4. The number of nitrogens with two attached hydrogens (primary N) is 1. The van der Waals surface area contributed by atoms with Crippen molar-refractivity contribution in [2.75, 3.05) is 20.1 Å². The van der Waals surface area contributed by atoms with Crippen molar-refractivity contribution in [3.05, 3.63) is 35.9 Å². The molecule has 1 unspecified atom stereocenters. The molecular formula is C16H28N2. The van der Waals surface area contributed by atoms with E-state index in [4.69, 9.17) is 5.73 Å². The molecule has 0 saturated carbocycles. The Morgan fingerprint density at radius 2 is 1.78 bits per heavy atom. The van der Waals surface area contributed by atoms with Crippen molar-refractivity contribution in [3.63, 3.8) is 0 Å². The third-order valence-electron chi connectivity index (χ3n) is 3.28. The Hall–Kier alpha value is -0.860. The fourth-order valence-electron chi connectivity index (χ4n) is 2.06. The Morgan fingerprint density at radius 3 is 2.39 bits per heavy atom. The van der Waals surface area contributed by atoms with E-state index < -0.39 is 0 Å². The van der Waals surface area contributed by atoms with Crippen LogP contribution < -0.4 is 5.73 Å². The van der Waals surface area contributed by atoms with Crippen molar-refractivity contribution < 1.29 is 0 Å². The summed E-state index contributed by atoms with van der Waals surface area (Å²) in [7, 11) is 2.17. The largest absolute Gasteiger partial charge is 0.327 e. The molecule has 2 nitrogen and oxygen atoms in total. The zero-order valence-corrected chi connectivity index (χ0v) is 12.1. The molecule has 0 amide bonds. The van der Waals surface area contributed by atoms with Gasteiger partial charge in [-0.1, -0.05) is 44.2 Å². The van der Waals surface area contributed by atoms with Gasteiger partial charge in [0.25, 0.3) is 0 Å². The summed E-state index contributed by atoms with van der Waals surface area (Å²) < 4.78 is 0. The Bertz CT molecular complexity index is 308. The molecule has 1 aromatic carbocycles. The van der Waals surface area contributed by atoms with E-state index in [0.29, 0.717) is 0 Å². The lowest BCUT2D eigenvalue weighted by atomic mass is 10.1. The number of likely N-dealkylation sites (N-methyl/N-ethyl adjacent to an activating group) is 1. The standard InChI is InChI=1S/C16H28N2/c1-14(2)11-12-18(3)13-16(17)10-9-15-7-5-4-6-8-15/h4-8,14,16H,9-13,17H2,1-3H3. The first-order valence-corrected chi connectivity index (χ1v) is 7.06. The molecule has 2 N–H and O–H groups in total. The molecule has 0 aromatic heterocycles. The van der Waals surface area contributed by atoms with Gasteiger partial charge in [-0.3, -0.25) is 0 Å². The summed E-state index contributed by atoms with van der Waals surface area (Å²) in [6, 6.07) is 10.9. The molecule has 0 heterocycles.